The van der Waals surface area contributed by atoms with Crippen molar-refractivity contribution in [1.82, 2.24) is 5.32 Å². The third kappa shape index (κ3) is 5.77. The van der Waals surface area contributed by atoms with Crippen molar-refractivity contribution in [2.24, 2.45) is 0 Å². The summed E-state index contributed by atoms with van der Waals surface area (Å²) in [6.45, 7) is 2.90. The second-order valence-electron chi connectivity index (χ2n) is 4.69. The first-order valence-electron chi connectivity index (χ1n) is 7.23. The first kappa shape index (κ1) is 15.5. The van der Waals surface area contributed by atoms with E-state index in [1.165, 1.54) is 32.1 Å². The fourth-order valence-electron chi connectivity index (χ4n) is 1.98. The molecule has 1 aromatic carbocycles. The normalized spacial score (nSPS) is 10.2. The molecule has 0 atom stereocenters. The number of carbonyl (C=O) groups excluding carboxylic acids is 1. The Kier molecular flexibility index (Phi) is 7.71. The van der Waals surface area contributed by atoms with E-state index in [0.717, 1.165) is 6.42 Å². The average molecular weight is 263 g/mol. The maximum atomic E-state index is 11.7. The lowest BCUT2D eigenvalue weighted by Crippen LogP contribution is -2.18. The second-order valence-corrected chi connectivity index (χ2v) is 4.69. The Balaban J connectivity index is 2.31. The maximum Gasteiger partial charge on any atom is 0.254 e. The highest BCUT2D eigenvalue weighted by Gasteiger charge is 2.09. The van der Waals surface area contributed by atoms with Crippen LogP contribution in [-0.2, 0) is 0 Å². The number of ether oxygens (including phenoxy) is 1. The number of hydrogen-bond donors (Lipinski definition) is 1. The van der Waals surface area contributed by atoms with Gasteiger partial charge in [0.05, 0.1) is 12.2 Å². The summed E-state index contributed by atoms with van der Waals surface area (Å²) in [5.41, 5.74) is 0.607. The van der Waals surface area contributed by atoms with Crippen molar-refractivity contribution in [3.8, 4) is 5.75 Å². The third-order valence-electron chi connectivity index (χ3n) is 3.11. The van der Waals surface area contributed by atoms with E-state index in [-0.39, 0.29) is 5.91 Å². The van der Waals surface area contributed by atoms with Crippen LogP contribution >= 0.6 is 0 Å². The van der Waals surface area contributed by atoms with Crippen molar-refractivity contribution in [2.75, 3.05) is 13.7 Å². The zero-order valence-corrected chi connectivity index (χ0v) is 12.1. The molecule has 1 amide bonds. The van der Waals surface area contributed by atoms with E-state index < -0.39 is 0 Å². The van der Waals surface area contributed by atoms with Gasteiger partial charge in [0.25, 0.3) is 5.91 Å². The van der Waals surface area contributed by atoms with Crippen LogP contribution in [0.2, 0.25) is 0 Å². The molecule has 0 unspecified atom stereocenters. The van der Waals surface area contributed by atoms with Gasteiger partial charge < -0.3 is 10.1 Å². The Hall–Kier alpha value is -1.51. The molecular weight excluding hydrogens is 238 g/mol. The summed E-state index contributed by atoms with van der Waals surface area (Å²) in [5.74, 6) is 0.578. The van der Waals surface area contributed by atoms with Gasteiger partial charge in [0, 0.05) is 7.05 Å². The predicted molar refractivity (Wildman–Crippen MR) is 78.7 cm³/mol. The average Bonchev–Trinajstić information content (AvgIpc) is 2.46. The zero-order chi connectivity index (χ0) is 13.9. The van der Waals surface area contributed by atoms with Crippen LogP contribution in [0.25, 0.3) is 0 Å². The van der Waals surface area contributed by atoms with Crippen molar-refractivity contribution in [3.63, 3.8) is 0 Å². The first-order chi connectivity index (χ1) is 9.29. The van der Waals surface area contributed by atoms with Gasteiger partial charge in [-0.15, -0.1) is 0 Å². The molecule has 0 fully saturated rings. The van der Waals surface area contributed by atoms with Crippen molar-refractivity contribution in [1.29, 1.82) is 0 Å². The van der Waals surface area contributed by atoms with E-state index in [9.17, 15) is 4.79 Å². The van der Waals surface area contributed by atoms with Gasteiger partial charge in [-0.25, -0.2) is 0 Å². The van der Waals surface area contributed by atoms with Gasteiger partial charge in [0.15, 0.2) is 0 Å². The topological polar surface area (TPSA) is 38.3 Å². The van der Waals surface area contributed by atoms with Crippen LogP contribution < -0.4 is 10.1 Å². The van der Waals surface area contributed by atoms with Gasteiger partial charge in [-0.05, 0) is 18.6 Å². The molecule has 0 radical (unpaired) electrons. The monoisotopic (exact) mass is 263 g/mol. The highest BCUT2D eigenvalue weighted by Crippen LogP contribution is 2.18. The van der Waals surface area contributed by atoms with E-state index >= 15 is 0 Å². The number of para-hydroxylation sites is 1. The van der Waals surface area contributed by atoms with Crippen LogP contribution in [0.3, 0.4) is 0 Å². The molecule has 0 aliphatic heterocycles. The number of unbranched alkanes of at least 4 members (excludes halogenated alkanes) is 5. The zero-order valence-electron chi connectivity index (χ0n) is 12.1. The Morgan fingerprint density at radius 2 is 1.79 bits per heavy atom. The van der Waals surface area contributed by atoms with E-state index in [1.807, 2.05) is 18.2 Å². The van der Waals surface area contributed by atoms with Gasteiger partial charge in [0.1, 0.15) is 5.75 Å². The quantitative estimate of drug-likeness (QED) is 0.688. The molecule has 3 heteroatoms. The van der Waals surface area contributed by atoms with E-state index in [0.29, 0.717) is 17.9 Å². The standard InChI is InChI=1S/C16H25NO2/c1-3-4-5-6-7-10-13-19-15-12-9-8-11-14(15)16(18)17-2/h8-9,11-12H,3-7,10,13H2,1-2H3,(H,17,18). The van der Waals surface area contributed by atoms with Crippen LogP contribution in [-0.4, -0.2) is 19.6 Å². The molecule has 3 nitrogen and oxygen atoms in total. The number of carbonyl (C=O) groups is 1. The Morgan fingerprint density at radius 1 is 1.11 bits per heavy atom. The smallest absolute Gasteiger partial charge is 0.254 e. The summed E-state index contributed by atoms with van der Waals surface area (Å²) in [7, 11) is 1.63. The van der Waals surface area contributed by atoms with Gasteiger partial charge in [-0.3, -0.25) is 4.79 Å². The fraction of sp³-hybridized carbons (Fsp3) is 0.562. The summed E-state index contributed by atoms with van der Waals surface area (Å²) in [6, 6.07) is 7.38. The molecule has 0 bridgehead atoms. The van der Waals surface area contributed by atoms with Crippen LogP contribution in [0.15, 0.2) is 24.3 Å². The number of rotatable bonds is 9. The first-order valence-corrected chi connectivity index (χ1v) is 7.23. The van der Waals surface area contributed by atoms with E-state index in [1.54, 1.807) is 13.1 Å². The molecule has 0 spiro atoms. The lowest BCUT2D eigenvalue weighted by atomic mass is 10.1. The highest BCUT2D eigenvalue weighted by atomic mass is 16.5. The van der Waals surface area contributed by atoms with Gasteiger partial charge in [0.2, 0.25) is 0 Å². The van der Waals surface area contributed by atoms with Crippen LogP contribution in [0.4, 0.5) is 0 Å². The van der Waals surface area contributed by atoms with Crippen LogP contribution in [0.1, 0.15) is 55.8 Å². The van der Waals surface area contributed by atoms with Gasteiger partial charge in [-0.1, -0.05) is 51.2 Å². The van der Waals surface area contributed by atoms with Crippen molar-refractivity contribution < 1.29 is 9.53 Å². The van der Waals surface area contributed by atoms with E-state index in [2.05, 4.69) is 12.2 Å². The lowest BCUT2D eigenvalue weighted by molar-refractivity contribution is 0.0959. The summed E-state index contributed by atoms with van der Waals surface area (Å²) in [5, 5.41) is 2.63. The molecule has 1 N–H and O–H groups in total. The minimum Gasteiger partial charge on any atom is -0.493 e. The largest absolute Gasteiger partial charge is 0.493 e. The number of hydrogen-bond acceptors (Lipinski definition) is 2. The lowest BCUT2D eigenvalue weighted by Gasteiger charge is -2.10. The van der Waals surface area contributed by atoms with Crippen LogP contribution in [0, 0.1) is 0 Å². The molecule has 0 saturated heterocycles. The Morgan fingerprint density at radius 3 is 2.53 bits per heavy atom. The van der Waals surface area contributed by atoms with Gasteiger partial charge >= 0.3 is 0 Å². The summed E-state index contributed by atoms with van der Waals surface area (Å²) in [6.07, 6.45) is 7.42. The molecule has 19 heavy (non-hydrogen) atoms. The number of nitrogens with one attached hydrogen (secondary N) is 1. The third-order valence-corrected chi connectivity index (χ3v) is 3.11. The molecule has 1 aromatic rings. The predicted octanol–water partition coefficient (Wildman–Crippen LogP) is 3.79. The van der Waals surface area contributed by atoms with E-state index in [4.69, 9.17) is 4.74 Å². The second kappa shape index (κ2) is 9.42. The van der Waals surface area contributed by atoms with Crippen molar-refractivity contribution in [2.45, 2.75) is 45.4 Å². The van der Waals surface area contributed by atoms with Crippen molar-refractivity contribution in [3.05, 3.63) is 29.8 Å². The molecule has 0 heterocycles. The summed E-state index contributed by atoms with van der Waals surface area (Å²) >= 11 is 0. The minimum atomic E-state index is -0.0986. The fourth-order valence-corrected chi connectivity index (χ4v) is 1.98. The number of amides is 1. The summed E-state index contributed by atoms with van der Waals surface area (Å²) < 4.78 is 5.71. The molecule has 0 aliphatic rings. The molecule has 0 aliphatic carbocycles. The molecular formula is C16H25NO2. The Bertz CT molecular complexity index is 377. The SMILES string of the molecule is CCCCCCCCOc1ccccc1C(=O)NC. The molecule has 0 aromatic heterocycles. The number of benzene rings is 1. The maximum absolute atomic E-state index is 11.7. The molecule has 106 valence electrons. The summed E-state index contributed by atoms with van der Waals surface area (Å²) in [4.78, 5) is 11.7. The highest BCUT2D eigenvalue weighted by molar-refractivity contribution is 5.96. The minimum absolute atomic E-state index is 0.0986. The van der Waals surface area contributed by atoms with Crippen LogP contribution in [0.5, 0.6) is 5.75 Å². The Labute approximate surface area is 116 Å². The van der Waals surface area contributed by atoms with Gasteiger partial charge in [-0.2, -0.15) is 0 Å². The van der Waals surface area contributed by atoms with Crippen molar-refractivity contribution >= 4 is 5.91 Å². The molecule has 0 saturated carbocycles. The molecule has 1 rings (SSSR count).